The van der Waals surface area contributed by atoms with Gasteiger partial charge in [-0.05, 0) is 35.2 Å². The van der Waals surface area contributed by atoms with E-state index in [2.05, 4.69) is 78.1 Å². The number of nitrogens with zero attached hydrogens (tertiary/aromatic N) is 2. The van der Waals surface area contributed by atoms with Crippen molar-refractivity contribution in [2.24, 2.45) is 4.99 Å². The highest BCUT2D eigenvalue weighted by Gasteiger charge is 2.25. The molecule has 0 radical (unpaired) electrons. The Bertz CT molecular complexity index is 1530. The van der Waals surface area contributed by atoms with Crippen LogP contribution in [0, 0.1) is 0 Å². The highest BCUT2D eigenvalue weighted by atomic mass is 32.2. The van der Waals surface area contributed by atoms with E-state index in [9.17, 15) is 0 Å². The Morgan fingerprint density at radius 3 is 2.43 bits per heavy atom. The van der Waals surface area contributed by atoms with E-state index < -0.39 is 0 Å². The first-order valence-electron chi connectivity index (χ1n) is 11.6. The van der Waals surface area contributed by atoms with Crippen molar-refractivity contribution in [3.05, 3.63) is 132 Å². The molecular weight excluding hydrogens is 448 g/mol. The summed E-state index contributed by atoms with van der Waals surface area (Å²) < 4.78 is 0. The van der Waals surface area contributed by atoms with E-state index in [1.54, 1.807) is 11.8 Å². The van der Waals surface area contributed by atoms with Crippen molar-refractivity contribution in [3.8, 4) is 0 Å². The number of nitrogen functional groups attached to an aromatic ring is 1. The van der Waals surface area contributed by atoms with Gasteiger partial charge in [0.2, 0.25) is 0 Å². The van der Waals surface area contributed by atoms with Gasteiger partial charge >= 0.3 is 0 Å². The maximum Gasteiger partial charge on any atom is 0.135 e. The average molecular weight is 473 g/mol. The van der Waals surface area contributed by atoms with Crippen LogP contribution in [0.4, 0.5) is 11.4 Å². The quantitative estimate of drug-likeness (QED) is 0.212. The number of hydrogen-bond donors (Lipinski definition) is 2. The highest BCUT2D eigenvalue weighted by Crippen LogP contribution is 2.40. The molecule has 35 heavy (non-hydrogen) atoms. The Morgan fingerprint density at radius 2 is 1.60 bits per heavy atom. The molecule has 5 aromatic rings. The first-order chi connectivity index (χ1) is 17.3. The Hall–Kier alpha value is -4.09. The molecule has 4 nitrogen and oxygen atoms in total. The summed E-state index contributed by atoms with van der Waals surface area (Å²) >= 11 is 1.70. The van der Waals surface area contributed by atoms with Gasteiger partial charge in [0.25, 0.3) is 0 Å². The fourth-order valence-corrected chi connectivity index (χ4v) is 5.34. The van der Waals surface area contributed by atoms with Gasteiger partial charge in [-0.2, -0.15) is 0 Å². The van der Waals surface area contributed by atoms with Crippen LogP contribution in [0.1, 0.15) is 28.4 Å². The molecule has 1 unspecified atom stereocenters. The molecule has 0 aliphatic carbocycles. The molecule has 0 spiro atoms. The number of fused-ring (bicyclic) bond motifs is 3. The maximum atomic E-state index is 6.08. The Kier molecular flexibility index (Phi) is 5.68. The van der Waals surface area contributed by atoms with Crippen molar-refractivity contribution in [1.29, 1.82) is 0 Å². The van der Waals surface area contributed by atoms with Crippen molar-refractivity contribution in [2.45, 2.75) is 16.7 Å². The summed E-state index contributed by atoms with van der Waals surface area (Å²) in [6, 6.07) is 35.3. The van der Waals surface area contributed by atoms with Crippen LogP contribution in [0.2, 0.25) is 0 Å². The van der Waals surface area contributed by atoms with Crippen LogP contribution in [-0.4, -0.2) is 10.8 Å². The second-order valence-corrected chi connectivity index (χ2v) is 9.55. The van der Waals surface area contributed by atoms with Gasteiger partial charge in [0.1, 0.15) is 11.9 Å². The largest absolute Gasteiger partial charge is 0.398 e. The zero-order valence-electron chi connectivity index (χ0n) is 19.1. The SMILES string of the molecule is Nc1ccccc1SCc1ccc(C2=NC(c3ccccc3)c3ccc4ccccc4c3N2)cn1. The monoisotopic (exact) mass is 472 g/mol. The molecule has 0 amide bonds. The van der Waals surface area contributed by atoms with Crippen molar-refractivity contribution in [1.82, 2.24) is 4.98 Å². The number of aliphatic imine (C=N–C) groups is 1. The molecular formula is C30H24N4S. The fourth-order valence-electron chi connectivity index (χ4n) is 4.45. The van der Waals surface area contributed by atoms with Crippen LogP contribution in [0.5, 0.6) is 0 Å². The van der Waals surface area contributed by atoms with Crippen LogP contribution < -0.4 is 11.1 Å². The summed E-state index contributed by atoms with van der Waals surface area (Å²) in [5.41, 5.74) is 12.3. The third-order valence-corrected chi connectivity index (χ3v) is 7.39. The van der Waals surface area contributed by atoms with Crippen LogP contribution in [0.25, 0.3) is 10.8 Å². The predicted octanol–water partition coefficient (Wildman–Crippen LogP) is 7.07. The van der Waals surface area contributed by atoms with E-state index in [1.165, 1.54) is 21.9 Å². The van der Waals surface area contributed by atoms with Crippen LogP contribution in [0.3, 0.4) is 0 Å². The normalized spacial score (nSPS) is 14.7. The third-order valence-electron chi connectivity index (χ3n) is 6.27. The summed E-state index contributed by atoms with van der Waals surface area (Å²) in [7, 11) is 0. The number of anilines is 2. The lowest BCUT2D eigenvalue weighted by Crippen LogP contribution is -2.22. The minimum atomic E-state index is -0.0802. The van der Waals surface area contributed by atoms with Crippen molar-refractivity contribution < 1.29 is 0 Å². The molecule has 1 aromatic heterocycles. The molecule has 2 heterocycles. The number of benzene rings is 4. The molecule has 0 saturated heterocycles. The topological polar surface area (TPSA) is 63.3 Å². The highest BCUT2D eigenvalue weighted by molar-refractivity contribution is 7.98. The first-order valence-corrected chi connectivity index (χ1v) is 12.6. The van der Waals surface area contributed by atoms with E-state index in [0.717, 1.165) is 39.1 Å². The molecule has 3 N–H and O–H groups in total. The minimum absolute atomic E-state index is 0.0802. The van der Waals surface area contributed by atoms with Gasteiger partial charge in [-0.1, -0.05) is 78.9 Å². The summed E-state index contributed by atoms with van der Waals surface area (Å²) in [4.78, 5) is 11.0. The molecule has 5 heteroatoms. The summed E-state index contributed by atoms with van der Waals surface area (Å²) in [5, 5.41) is 6.03. The van der Waals surface area contributed by atoms with Gasteiger partial charge in [-0.15, -0.1) is 11.8 Å². The summed E-state index contributed by atoms with van der Waals surface area (Å²) in [6.07, 6.45) is 1.91. The smallest absolute Gasteiger partial charge is 0.135 e. The number of nitrogens with two attached hydrogens (primary N) is 1. The Balaban J connectivity index is 1.34. The van der Waals surface area contributed by atoms with Crippen molar-refractivity contribution >= 4 is 39.7 Å². The Labute approximate surface area is 209 Å². The molecule has 4 aromatic carbocycles. The number of thioether (sulfide) groups is 1. The number of nitrogens with one attached hydrogen (secondary N) is 1. The number of hydrogen-bond acceptors (Lipinski definition) is 5. The van der Waals surface area contributed by atoms with Gasteiger partial charge in [-0.3, -0.25) is 9.98 Å². The number of rotatable bonds is 5. The van der Waals surface area contributed by atoms with E-state index in [0.29, 0.717) is 0 Å². The molecule has 1 aliphatic heterocycles. The maximum absolute atomic E-state index is 6.08. The predicted molar refractivity (Wildman–Crippen MR) is 147 cm³/mol. The first kappa shape index (κ1) is 21.4. The molecule has 170 valence electrons. The van der Waals surface area contributed by atoms with E-state index in [-0.39, 0.29) is 6.04 Å². The summed E-state index contributed by atoms with van der Waals surface area (Å²) in [6.45, 7) is 0. The second-order valence-electron chi connectivity index (χ2n) is 8.53. The van der Waals surface area contributed by atoms with Crippen LogP contribution in [-0.2, 0) is 5.75 Å². The average Bonchev–Trinajstić information content (AvgIpc) is 2.93. The molecule has 0 fully saturated rings. The third kappa shape index (κ3) is 4.27. The lowest BCUT2D eigenvalue weighted by molar-refractivity contribution is 0.865. The zero-order chi connectivity index (χ0) is 23.6. The van der Waals surface area contributed by atoms with E-state index in [4.69, 9.17) is 15.7 Å². The second kappa shape index (κ2) is 9.28. The van der Waals surface area contributed by atoms with Crippen molar-refractivity contribution in [3.63, 3.8) is 0 Å². The number of aromatic nitrogens is 1. The zero-order valence-corrected chi connectivity index (χ0v) is 19.9. The van der Waals surface area contributed by atoms with Gasteiger partial charge in [0.15, 0.2) is 0 Å². The van der Waals surface area contributed by atoms with E-state index >= 15 is 0 Å². The van der Waals surface area contributed by atoms with E-state index in [1.807, 2.05) is 36.5 Å². The van der Waals surface area contributed by atoms with Crippen molar-refractivity contribution in [2.75, 3.05) is 11.1 Å². The number of pyridine rings is 1. The molecule has 1 aliphatic rings. The number of para-hydroxylation sites is 1. The lowest BCUT2D eigenvalue weighted by Gasteiger charge is -2.27. The molecule has 1 atom stereocenters. The minimum Gasteiger partial charge on any atom is -0.398 e. The van der Waals surface area contributed by atoms with Crippen LogP contribution in [0.15, 0.2) is 119 Å². The fraction of sp³-hybridized carbons (Fsp3) is 0.0667. The Morgan fingerprint density at radius 1 is 0.800 bits per heavy atom. The van der Waals surface area contributed by atoms with Crippen LogP contribution >= 0.6 is 11.8 Å². The number of amidine groups is 1. The lowest BCUT2D eigenvalue weighted by atomic mass is 9.92. The van der Waals surface area contributed by atoms with Gasteiger partial charge < -0.3 is 11.1 Å². The summed E-state index contributed by atoms with van der Waals surface area (Å²) in [5.74, 6) is 1.59. The molecule has 0 bridgehead atoms. The van der Waals surface area contributed by atoms with Gasteiger partial charge in [0, 0.05) is 39.0 Å². The molecule has 0 saturated carbocycles. The standard InChI is InChI=1S/C30H24N4S/c31-26-12-6-7-13-27(26)35-19-23-16-14-22(18-32-23)30-33-28(21-9-2-1-3-10-21)25-17-15-20-8-4-5-11-24(20)29(25)34-30/h1-18,28H,19,31H2,(H,33,34). The van der Waals surface area contributed by atoms with Gasteiger partial charge in [-0.25, -0.2) is 0 Å². The van der Waals surface area contributed by atoms with Gasteiger partial charge in [0.05, 0.1) is 11.4 Å². The molecule has 6 rings (SSSR count).